The van der Waals surface area contributed by atoms with E-state index in [1.165, 1.54) is 7.11 Å². The number of amides is 3. The Morgan fingerprint density at radius 3 is 2.13 bits per heavy atom. The molecule has 38 heavy (non-hydrogen) atoms. The molecule has 3 N–H and O–H groups in total. The summed E-state index contributed by atoms with van der Waals surface area (Å²) in [4.78, 5) is 37.2. The summed E-state index contributed by atoms with van der Waals surface area (Å²) in [5.41, 5.74) is 9.77. The SMILES string of the molecule is COC(=O)CC(NC(=O)NNC(=O)OCC1c2ccccc2-c2ccccc21)c1cccc2ccccc12. The summed E-state index contributed by atoms with van der Waals surface area (Å²) in [6, 6.07) is 28.0. The van der Waals surface area contributed by atoms with Gasteiger partial charge in [0.2, 0.25) is 0 Å². The van der Waals surface area contributed by atoms with Crippen LogP contribution >= 0.6 is 0 Å². The largest absolute Gasteiger partial charge is 0.469 e. The van der Waals surface area contributed by atoms with Crippen LogP contribution in [0.1, 0.15) is 35.1 Å². The number of esters is 1. The molecular weight excluding hydrogens is 482 g/mol. The van der Waals surface area contributed by atoms with Crippen LogP contribution in [0.3, 0.4) is 0 Å². The molecule has 1 aliphatic carbocycles. The minimum Gasteiger partial charge on any atom is -0.469 e. The van der Waals surface area contributed by atoms with E-state index in [-0.39, 0.29) is 18.9 Å². The Bertz CT molecular complexity index is 1450. The predicted molar refractivity (Wildman–Crippen MR) is 143 cm³/mol. The lowest BCUT2D eigenvalue weighted by Gasteiger charge is -2.20. The van der Waals surface area contributed by atoms with Crippen molar-refractivity contribution in [2.75, 3.05) is 13.7 Å². The molecule has 4 aromatic carbocycles. The van der Waals surface area contributed by atoms with Crippen LogP contribution in [0.5, 0.6) is 0 Å². The molecule has 192 valence electrons. The number of hydrazine groups is 1. The molecule has 0 spiro atoms. The lowest BCUT2D eigenvalue weighted by Crippen LogP contribution is -2.48. The first kappa shape index (κ1) is 24.8. The van der Waals surface area contributed by atoms with Crippen molar-refractivity contribution >= 4 is 28.9 Å². The molecule has 0 heterocycles. The standard InChI is InChI=1S/C30H27N3O5/c1-37-28(34)17-27(25-16-8-10-19-9-2-3-11-20(19)25)31-29(35)32-33-30(36)38-18-26-23-14-6-4-12-21(23)22-13-5-7-15-24(22)26/h2-16,26-27H,17-18H2,1H3,(H,33,36)(H2,31,32,35). The maximum absolute atomic E-state index is 12.7. The number of hydrogen-bond donors (Lipinski definition) is 3. The van der Waals surface area contributed by atoms with Crippen LogP contribution in [0.25, 0.3) is 21.9 Å². The minimum atomic E-state index is -0.795. The molecule has 0 fully saturated rings. The van der Waals surface area contributed by atoms with E-state index in [4.69, 9.17) is 9.47 Å². The molecule has 1 aliphatic rings. The van der Waals surface area contributed by atoms with Gasteiger partial charge in [-0.15, -0.1) is 0 Å². The lowest BCUT2D eigenvalue weighted by molar-refractivity contribution is -0.141. The van der Waals surface area contributed by atoms with E-state index in [0.717, 1.165) is 38.6 Å². The summed E-state index contributed by atoms with van der Waals surface area (Å²) in [5, 5.41) is 4.62. The molecule has 4 aromatic rings. The maximum atomic E-state index is 12.7. The summed E-state index contributed by atoms with van der Waals surface area (Å²) < 4.78 is 10.3. The van der Waals surface area contributed by atoms with Crippen molar-refractivity contribution < 1.29 is 23.9 Å². The van der Waals surface area contributed by atoms with Gasteiger partial charge in [-0.25, -0.2) is 20.4 Å². The molecule has 3 amide bonds. The van der Waals surface area contributed by atoms with Gasteiger partial charge in [0, 0.05) is 5.92 Å². The van der Waals surface area contributed by atoms with Crippen LogP contribution in [0.4, 0.5) is 9.59 Å². The van der Waals surface area contributed by atoms with Gasteiger partial charge in [0.15, 0.2) is 0 Å². The Hall–Kier alpha value is -4.85. The number of benzene rings is 4. The average Bonchev–Trinajstić information content (AvgIpc) is 3.27. The van der Waals surface area contributed by atoms with Gasteiger partial charge < -0.3 is 14.8 Å². The molecule has 0 saturated carbocycles. The monoisotopic (exact) mass is 509 g/mol. The normalized spacial score (nSPS) is 12.7. The third-order valence-electron chi connectivity index (χ3n) is 6.72. The Morgan fingerprint density at radius 1 is 0.789 bits per heavy atom. The fourth-order valence-corrected chi connectivity index (χ4v) is 4.98. The van der Waals surface area contributed by atoms with E-state index >= 15 is 0 Å². The molecule has 1 unspecified atom stereocenters. The number of nitrogens with one attached hydrogen (secondary N) is 3. The topological polar surface area (TPSA) is 106 Å². The number of fused-ring (bicyclic) bond motifs is 4. The van der Waals surface area contributed by atoms with E-state index in [2.05, 4.69) is 28.3 Å². The molecule has 0 radical (unpaired) electrons. The van der Waals surface area contributed by atoms with Crippen molar-refractivity contribution in [3.05, 3.63) is 108 Å². The van der Waals surface area contributed by atoms with E-state index in [0.29, 0.717) is 0 Å². The predicted octanol–water partition coefficient (Wildman–Crippen LogP) is 5.20. The van der Waals surface area contributed by atoms with E-state index in [1.807, 2.05) is 78.9 Å². The van der Waals surface area contributed by atoms with Gasteiger partial charge in [-0.1, -0.05) is 91.0 Å². The van der Waals surface area contributed by atoms with Crippen LogP contribution in [0.15, 0.2) is 91.0 Å². The third kappa shape index (κ3) is 5.15. The summed E-state index contributed by atoms with van der Waals surface area (Å²) in [7, 11) is 1.29. The van der Waals surface area contributed by atoms with Crippen LogP contribution in [-0.2, 0) is 14.3 Å². The van der Waals surface area contributed by atoms with Crippen molar-refractivity contribution in [2.45, 2.75) is 18.4 Å². The molecule has 0 aliphatic heterocycles. The second-order valence-corrected chi connectivity index (χ2v) is 8.95. The smallest absolute Gasteiger partial charge is 0.426 e. The van der Waals surface area contributed by atoms with Gasteiger partial charge in [0.1, 0.15) is 6.61 Å². The summed E-state index contributed by atoms with van der Waals surface area (Å²) in [6.07, 6.45) is -0.875. The highest BCUT2D eigenvalue weighted by molar-refractivity contribution is 5.88. The summed E-state index contributed by atoms with van der Waals surface area (Å²) in [5.74, 6) is -0.578. The number of rotatable bonds is 6. The van der Waals surface area contributed by atoms with Gasteiger partial charge in [-0.05, 0) is 38.6 Å². The molecular formula is C30H27N3O5. The zero-order valence-corrected chi connectivity index (χ0v) is 20.8. The Balaban J connectivity index is 1.21. The Labute approximate surface area is 219 Å². The van der Waals surface area contributed by atoms with E-state index in [1.54, 1.807) is 0 Å². The number of carbonyl (C=O) groups is 3. The molecule has 8 nitrogen and oxygen atoms in total. The van der Waals surface area contributed by atoms with Crippen molar-refractivity contribution in [1.82, 2.24) is 16.2 Å². The first-order valence-electron chi connectivity index (χ1n) is 12.3. The summed E-state index contributed by atoms with van der Waals surface area (Å²) in [6.45, 7) is 0.115. The third-order valence-corrected chi connectivity index (χ3v) is 6.72. The van der Waals surface area contributed by atoms with Crippen LogP contribution in [0.2, 0.25) is 0 Å². The van der Waals surface area contributed by atoms with E-state index < -0.39 is 24.1 Å². The fraction of sp³-hybridized carbons (Fsp3) is 0.167. The van der Waals surface area contributed by atoms with Crippen molar-refractivity contribution in [3.63, 3.8) is 0 Å². The van der Waals surface area contributed by atoms with Crippen molar-refractivity contribution in [1.29, 1.82) is 0 Å². The van der Waals surface area contributed by atoms with Crippen LogP contribution in [-0.4, -0.2) is 31.8 Å². The van der Waals surface area contributed by atoms with E-state index in [9.17, 15) is 14.4 Å². The zero-order chi connectivity index (χ0) is 26.5. The molecule has 0 aromatic heterocycles. The number of carbonyl (C=O) groups excluding carboxylic acids is 3. The quantitative estimate of drug-likeness (QED) is 0.245. The van der Waals surface area contributed by atoms with Crippen molar-refractivity contribution in [3.8, 4) is 11.1 Å². The number of urea groups is 1. The average molecular weight is 510 g/mol. The fourth-order valence-electron chi connectivity index (χ4n) is 4.98. The van der Waals surface area contributed by atoms with Gasteiger partial charge in [-0.3, -0.25) is 4.79 Å². The van der Waals surface area contributed by atoms with Crippen LogP contribution < -0.4 is 16.2 Å². The Kier molecular flexibility index (Phi) is 7.21. The van der Waals surface area contributed by atoms with Gasteiger partial charge in [-0.2, -0.15) is 0 Å². The molecule has 8 heteroatoms. The second kappa shape index (κ2) is 11.0. The zero-order valence-electron chi connectivity index (χ0n) is 20.8. The highest BCUT2D eigenvalue weighted by Crippen LogP contribution is 2.44. The first-order chi connectivity index (χ1) is 18.5. The number of methoxy groups -OCH3 is 1. The van der Waals surface area contributed by atoms with Gasteiger partial charge in [0.05, 0.1) is 19.6 Å². The highest BCUT2D eigenvalue weighted by atomic mass is 16.6. The van der Waals surface area contributed by atoms with Gasteiger partial charge >= 0.3 is 18.1 Å². The number of ether oxygens (including phenoxy) is 2. The van der Waals surface area contributed by atoms with Gasteiger partial charge in [0.25, 0.3) is 0 Å². The number of hydrogen-bond acceptors (Lipinski definition) is 5. The highest BCUT2D eigenvalue weighted by Gasteiger charge is 2.29. The molecule has 0 bridgehead atoms. The maximum Gasteiger partial charge on any atom is 0.426 e. The van der Waals surface area contributed by atoms with Crippen molar-refractivity contribution in [2.24, 2.45) is 0 Å². The lowest BCUT2D eigenvalue weighted by atomic mass is 9.97. The molecule has 5 rings (SSSR count). The Morgan fingerprint density at radius 2 is 1.42 bits per heavy atom. The minimum absolute atomic E-state index is 0.0805. The summed E-state index contributed by atoms with van der Waals surface area (Å²) >= 11 is 0. The molecule has 0 saturated heterocycles. The first-order valence-corrected chi connectivity index (χ1v) is 12.3. The molecule has 1 atom stereocenters. The second-order valence-electron chi connectivity index (χ2n) is 8.95. The van der Waals surface area contributed by atoms with Crippen LogP contribution in [0, 0.1) is 0 Å².